The number of benzene rings is 1. The van der Waals surface area contributed by atoms with Gasteiger partial charge < -0.3 is 5.32 Å². The minimum atomic E-state index is -0.140. The highest BCUT2D eigenvalue weighted by Crippen LogP contribution is 2.33. The van der Waals surface area contributed by atoms with Crippen molar-refractivity contribution in [2.45, 2.75) is 45.1 Å². The Morgan fingerprint density at radius 1 is 1.22 bits per heavy atom. The molecule has 0 saturated heterocycles. The first-order chi connectivity index (χ1) is 8.72. The van der Waals surface area contributed by atoms with Crippen molar-refractivity contribution >= 4 is 0 Å². The summed E-state index contributed by atoms with van der Waals surface area (Å²) >= 11 is 0. The van der Waals surface area contributed by atoms with E-state index in [1.807, 2.05) is 12.1 Å². The Hall–Kier alpha value is -0.890. The molecule has 0 amide bonds. The van der Waals surface area contributed by atoms with Gasteiger partial charge in [0.05, 0.1) is 0 Å². The molecule has 3 unspecified atom stereocenters. The Labute approximate surface area is 110 Å². The first-order valence-electron chi connectivity index (χ1n) is 7.14. The Morgan fingerprint density at radius 2 is 1.94 bits per heavy atom. The molecule has 0 aromatic heterocycles. The molecule has 1 nitrogen and oxygen atoms in total. The zero-order chi connectivity index (χ0) is 13.0. The van der Waals surface area contributed by atoms with Gasteiger partial charge in [0.2, 0.25) is 0 Å². The van der Waals surface area contributed by atoms with Crippen molar-refractivity contribution in [2.24, 2.45) is 11.8 Å². The van der Waals surface area contributed by atoms with Gasteiger partial charge in [0.15, 0.2) is 0 Å². The Morgan fingerprint density at radius 3 is 2.56 bits per heavy atom. The second-order valence-corrected chi connectivity index (χ2v) is 5.57. The number of nitrogens with one attached hydrogen (secondary N) is 1. The van der Waals surface area contributed by atoms with Crippen LogP contribution in [0, 0.1) is 17.7 Å². The fourth-order valence-corrected chi connectivity index (χ4v) is 3.26. The molecule has 1 aliphatic rings. The van der Waals surface area contributed by atoms with E-state index in [4.69, 9.17) is 0 Å². The molecule has 0 aliphatic heterocycles. The fourth-order valence-electron chi connectivity index (χ4n) is 3.26. The lowest BCUT2D eigenvalue weighted by Gasteiger charge is -2.36. The summed E-state index contributed by atoms with van der Waals surface area (Å²) in [6, 6.07) is 7.63. The molecule has 1 saturated carbocycles. The van der Waals surface area contributed by atoms with Crippen molar-refractivity contribution in [3.05, 3.63) is 35.6 Å². The minimum Gasteiger partial charge on any atom is -0.317 e. The van der Waals surface area contributed by atoms with Crippen molar-refractivity contribution in [3.8, 4) is 0 Å². The standard InChI is InChI=1S/C16H24FN/c1-3-12-6-9-16(18-2)14(10-12)11-13-4-7-15(17)8-5-13/h4-5,7-8,12,14,16,18H,3,6,9-11H2,1-2H3. The Kier molecular flexibility index (Phi) is 4.76. The molecule has 100 valence electrons. The summed E-state index contributed by atoms with van der Waals surface area (Å²) in [7, 11) is 2.06. The SMILES string of the molecule is CCC1CCC(NC)C(Cc2ccc(F)cc2)C1. The molecule has 2 rings (SSSR count). The average molecular weight is 249 g/mol. The third-order valence-electron chi connectivity index (χ3n) is 4.45. The van der Waals surface area contributed by atoms with Gasteiger partial charge in [0.1, 0.15) is 5.82 Å². The van der Waals surface area contributed by atoms with Gasteiger partial charge in [0, 0.05) is 6.04 Å². The summed E-state index contributed by atoms with van der Waals surface area (Å²) in [5.74, 6) is 1.43. The third kappa shape index (κ3) is 3.32. The van der Waals surface area contributed by atoms with E-state index in [1.165, 1.54) is 31.2 Å². The molecule has 0 spiro atoms. The molecule has 0 heterocycles. The molecule has 2 heteroatoms. The highest BCUT2D eigenvalue weighted by molar-refractivity contribution is 5.17. The maximum absolute atomic E-state index is 12.9. The quantitative estimate of drug-likeness (QED) is 0.856. The summed E-state index contributed by atoms with van der Waals surface area (Å²) in [6.45, 7) is 2.29. The lowest BCUT2D eigenvalue weighted by molar-refractivity contribution is 0.205. The van der Waals surface area contributed by atoms with Gasteiger partial charge in [-0.1, -0.05) is 25.5 Å². The van der Waals surface area contributed by atoms with Crippen LogP contribution in [0.1, 0.15) is 38.2 Å². The maximum atomic E-state index is 12.9. The van der Waals surface area contributed by atoms with Crippen LogP contribution in [-0.4, -0.2) is 13.1 Å². The van der Waals surface area contributed by atoms with E-state index in [0.717, 1.165) is 12.3 Å². The largest absolute Gasteiger partial charge is 0.317 e. The number of halogens is 1. The molecule has 1 aliphatic carbocycles. The van der Waals surface area contributed by atoms with E-state index in [9.17, 15) is 4.39 Å². The van der Waals surface area contributed by atoms with Crippen LogP contribution in [0.25, 0.3) is 0 Å². The summed E-state index contributed by atoms with van der Waals surface area (Å²) in [6.07, 6.45) is 6.29. The van der Waals surface area contributed by atoms with Gasteiger partial charge >= 0.3 is 0 Å². The van der Waals surface area contributed by atoms with E-state index in [2.05, 4.69) is 19.3 Å². The zero-order valence-electron chi connectivity index (χ0n) is 11.5. The van der Waals surface area contributed by atoms with Crippen molar-refractivity contribution in [3.63, 3.8) is 0 Å². The third-order valence-corrected chi connectivity index (χ3v) is 4.45. The highest BCUT2D eigenvalue weighted by atomic mass is 19.1. The van der Waals surface area contributed by atoms with Gasteiger partial charge in [-0.05, 0) is 62.3 Å². The van der Waals surface area contributed by atoms with Crippen LogP contribution in [-0.2, 0) is 6.42 Å². The van der Waals surface area contributed by atoms with E-state index in [-0.39, 0.29) is 5.82 Å². The van der Waals surface area contributed by atoms with Gasteiger partial charge in [-0.25, -0.2) is 4.39 Å². The summed E-state index contributed by atoms with van der Waals surface area (Å²) in [5.41, 5.74) is 1.26. The number of hydrogen-bond acceptors (Lipinski definition) is 1. The molecule has 18 heavy (non-hydrogen) atoms. The predicted octanol–water partition coefficient (Wildman–Crippen LogP) is 3.78. The topological polar surface area (TPSA) is 12.0 Å². The highest BCUT2D eigenvalue weighted by Gasteiger charge is 2.28. The van der Waals surface area contributed by atoms with Crippen molar-refractivity contribution in [1.29, 1.82) is 0 Å². The van der Waals surface area contributed by atoms with E-state index in [1.54, 1.807) is 12.1 Å². The smallest absolute Gasteiger partial charge is 0.123 e. The van der Waals surface area contributed by atoms with Crippen LogP contribution >= 0.6 is 0 Å². The molecular formula is C16H24FN. The van der Waals surface area contributed by atoms with Crippen molar-refractivity contribution < 1.29 is 4.39 Å². The molecule has 0 bridgehead atoms. The first-order valence-corrected chi connectivity index (χ1v) is 7.14. The molecule has 0 radical (unpaired) electrons. The van der Waals surface area contributed by atoms with Gasteiger partial charge in [-0.15, -0.1) is 0 Å². The lowest BCUT2D eigenvalue weighted by Crippen LogP contribution is -2.39. The van der Waals surface area contributed by atoms with Crippen LogP contribution in [0.5, 0.6) is 0 Å². The molecule has 3 atom stereocenters. The molecular weight excluding hydrogens is 225 g/mol. The average Bonchev–Trinajstić information content (AvgIpc) is 2.41. The van der Waals surface area contributed by atoms with Gasteiger partial charge in [0.25, 0.3) is 0 Å². The van der Waals surface area contributed by atoms with Gasteiger partial charge in [-0.3, -0.25) is 0 Å². The van der Waals surface area contributed by atoms with Crippen LogP contribution in [0.3, 0.4) is 0 Å². The van der Waals surface area contributed by atoms with Gasteiger partial charge in [-0.2, -0.15) is 0 Å². The second-order valence-electron chi connectivity index (χ2n) is 5.57. The van der Waals surface area contributed by atoms with E-state index in [0.29, 0.717) is 12.0 Å². The minimum absolute atomic E-state index is 0.140. The summed E-state index contributed by atoms with van der Waals surface area (Å²) in [4.78, 5) is 0. The monoisotopic (exact) mass is 249 g/mol. The lowest BCUT2D eigenvalue weighted by atomic mass is 9.74. The Balaban J connectivity index is 2.02. The molecule has 1 aromatic rings. The zero-order valence-corrected chi connectivity index (χ0v) is 11.5. The summed E-state index contributed by atoms with van der Waals surface area (Å²) in [5, 5.41) is 3.46. The summed E-state index contributed by atoms with van der Waals surface area (Å²) < 4.78 is 12.9. The van der Waals surface area contributed by atoms with Crippen LogP contribution in [0.4, 0.5) is 4.39 Å². The van der Waals surface area contributed by atoms with E-state index < -0.39 is 0 Å². The fraction of sp³-hybridized carbons (Fsp3) is 0.625. The van der Waals surface area contributed by atoms with E-state index >= 15 is 0 Å². The normalized spacial score (nSPS) is 28.3. The molecule has 1 fully saturated rings. The number of rotatable bonds is 4. The van der Waals surface area contributed by atoms with Crippen LogP contribution in [0.2, 0.25) is 0 Å². The van der Waals surface area contributed by atoms with Crippen molar-refractivity contribution in [2.75, 3.05) is 7.05 Å². The Bertz CT molecular complexity index is 360. The van der Waals surface area contributed by atoms with Crippen LogP contribution in [0.15, 0.2) is 24.3 Å². The maximum Gasteiger partial charge on any atom is 0.123 e. The predicted molar refractivity (Wildman–Crippen MR) is 74.1 cm³/mol. The second kappa shape index (κ2) is 6.33. The van der Waals surface area contributed by atoms with Crippen LogP contribution < -0.4 is 5.32 Å². The molecule has 1 N–H and O–H groups in total. The number of hydrogen-bond donors (Lipinski definition) is 1. The van der Waals surface area contributed by atoms with Crippen molar-refractivity contribution in [1.82, 2.24) is 5.32 Å². The molecule has 1 aromatic carbocycles. The first kappa shape index (κ1) is 13.5.